The average Bonchev–Trinajstić information content (AvgIpc) is 2.71. The third kappa shape index (κ3) is 7.23. The molecule has 0 aromatic heterocycles. The molecule has 2 rings (SSSR count). The van der Waals surface area contributed by atoms with E-state index in [0.29, 0.717) is 30.9 Å². The zero-order valence-electron chi connectivity index (χ0n) is 16.0. The molecule has 0 heterocycles. The van der Waals surface area contributed by atoms with E-state index in [1.807, 2.05) is 18.4 Å². The Labute approximate surface area is 169 Å². The van der Waals surface area contributed by atoms with Crippen molar-refractivity contribution in [2.75, 3.05) is 12.0 Å². The van der Waals surface area contributed by atoms with E-state index in [1.165, 1.54) is 12.1 Å². The number of halogens is 1. The van der Waals surface area contributed by atoms with E-state index in [4.69, 9.17) is 4.74 Å². The summed E-state index contributed by atoms with van der Waals surface area (Å²) in [5.74, 6) is 1.31. The Morgan fingerprint density at radius 2 is 1.68 bits per heavy atom. The van der Waals surface area contributed by atoms with E-state index in [9.17, 15) is 14.0 Å². The average molecular weight is 405 g/mol. The van der Waals surface area contributed by atoms with Crippen LogP contribution in [0.5, 0.6) is 11.5 Å². The van der Waals surface area contributed by atoms with E-state index in [1.54, 1.807) is 43.0 Å². The summed E-state index contributed by atoms with van der Waals surface area (Å²) in [5, 5.41) is 5.63. The van der Waals surface area contributed by atoms with Gasteiger partial charge in [-0.15, -0.1) is 0 Å². The van der Waals surface area contributed by atoms with Crippen LogP contribution in [0.1, 0.15) is 25.3 Å². The Balaban J connectivity index is 1.88. The number of rotatable bonds is 10. The lowest BCUT2D eigenvalue weighted by atomic mass is 10.1. The number of benzene rings is 2. The van der Waals surface area contributed by atoms with Gasteiger partial charge in [0, 0.05) is 13.0 Å². The first-order chi connectivity index (χ1) is 13.5. The highest BCUT2D eigenvalue weighted by molar-refractivity contribution is 7.98. The number of thioether (sulfide) groups is 1. The topological polar surface area (TPSA) is 67.4 Å². The van der Waals surface area contributed by atoms with Crippen LogP contribution in [0.15, 0.2) is 48.5 Å². The summed E-state index contributed by atoms with van der Waals surface area (Å²) >= 11 is 1.63. The Kier molecular flexibility index (Phi) is 8.81. The monoisotopic (exact) mass is 404 g/mol. The zero-order chi connectivity index (χ0) is 20.4. The van der Waals surface area contributed by atoms with Crippen LogP contribution in [0.3, 0.4) is 0 Å². The molecule has 0 aliphatic rings. The summed E-state index contributed by atoms with van der Waals surface area (Å²) in [6, 6.07) is 12.5. The van der Waals surface area contributed by atoms with Crippen LogP contribution < -0.4 is 15.4 Å². The van der Waals surface area contributed by atoms with E-state index in [2.05, 4.69) is 10.6 Å². The normalized spacial score (nSPS) is 11.5. The number of carbonyl (C=O) groups excluding carboxylic acids is 2. The van der Waals surface area contributed by atoms with Crippen molar-refractivity contribution in [1.82, 2.24) is 10.6 Å². The van der Waals surface area contributed by atoms with Gasteiger partial charge in [0.05, 0.1) is 0 Å². The first kappa shape index (κ1) is 21.8. The SMILES string of the molecule is CCC(=O)NC(CCSC)C(=O)NCc1ccc(Oc2ccc(F)cc2)cc1. The van der Waals surface area contributed by atoms with Crippen molar-refractivity contribution in [3.63, 3.8) is 0 Å². The second-order valence-corrected chi connectivity index (χ2v) is 7.16. The van der Waals surface area contributed by atoms with Gasteiger partial charge in [-0.25, -0.2) is 4.39 Å². The second-order valence-electron chi connectivity index (χ2n) is 6.17. The van der Waals surface area contributed by atoms with Gasteiger partial charge in [0.15, 0.2) is 0 Å². The van der Waals surface area contributed by atoms with Crippen molar-refractivity contribution < 1.29 is 18.7 Å². The molecular weight excluding hydrogens is 379 g/mol. The molecule has 2 N–H and O–H groups in total. The van der Waals surface area contributed by atoms with E-state index >= 15 is 0 Å². The van der Waals surface area contributed by atoms with Crippen LogP contribution in [-0.4, -0.2) is 29.9 Å². The summed E-state index contributed by atoms with van der Waals surface area (Å²) in [6.45, 7) is 2.11. The lowest BCUT2D eigenvalue weighted by Gasteiger charge is -2.18. The van der Waals surface area contributed by atoms with Crippen molar-refractivity contribution >= 4 is 23.6 Å². The number of ether oxygens (including phenoxy) is 1. The third-order valence-electron chi connectivity index (χ3n) is 4.02. The van der Waals surface area contributed by atoms with E-state index in [-0.39, 0.29) is 17.6 Å². The fourth-order valence-corrected chi connectivity index (χ4v) is 2.90. The van der Waals surface area contributed by atoms with Gasteiger partial charge in [-0.3, -0.25) is 9.59 Å². The summed E-state index contributed by atoms with van der Waals surface area (Å²) in [4.78, 5) is 24.1. The van der Waals surface area contributed by atoms with E-state index < -0.39 is 6.04 Å². The molecule has 28 heavy (non-hydrogen) atoms. The van der Waals surface area contributed by atoms with Gasteiger partial charge in [-0.2, -0.15) is 11.8 Å². The predicted molar refractivity (Wildman–Crippen MR) is 110 cm³/mol. The Morgan fingerprint density at radius 3 is 2.25 bits per heavy atom. The van der Waals surface area contributed by atoms with Crippen molar-refractivity contribution in [1.29, 1.82) is 0 Å². The molecular formula is C21H25FN2O3S. The minimum atomic E-state index is -0.527. The van der Waals surface area contributed by atoms with Gasteiger partial charge >= 0.3 is 0 Å². The van der Waals surface area contributed by atoms with Crippen molar-refractivity contribution in [3.8, 4) is 11.5 Å². The highest BCUT2D eigenvalue weighted by Crippen LogP contribution is 2.21. The first-order valence-corrected chi connectivity index (χ1v) is 10.5. The molecule has 0 aliphatic heterocycles. The number of amides is 2. The lowest BCUT2D eigenvalue weighted by Crippen LogP contribution is -2.46. The Morgan fingerprint density at radius 1 is 1.07 bits per heavy atom. The van der Waals surface area contributed by atoms with Gasteiger partial charge in [0.2, 0.25) is 11.8 Å². The van der Waals surface area contributed by atoms with Crippen LogP contribution in [0.4, 0.5) is 4.39 Å². The molecule has 5 nitrogen and oxygen atoms in total. The molecule has 0 aliphatic carbocycles. The van der Waals surface area contributed by atoms with Crippen molar-refractivity contribution in [3.05, 3.63) is 59.9 Å². The van der Waals surface area contributed by atoms with Gasteiger partial charge in [0.25, 0.3) is 0 Å². The van der Waals surface area contributed by atoms with Crippen LogP contribution in [0, 0.1) is 5.82 Å². The molecule has 0 fully saturated rings. The number of hydrogen-bond acceptors (Lipinski definition) is 4. The first-order valence-electron chi connectivity index (χ1n) is 9.10. The summed E-state index contributed by atoms with van der Waals surface area (Å²) in [5.41, 5.74) is 0.908. The van der Waals surface area contributed by atoms with Gasteiger partial charge in [-0.05, 0) is 60.4 Å². The Hall–Kier alpha value is -2.54. The Bertz CT molecular complexity index is 766. The van der Waals surface area contributed by atoms with Crippen LogP contribution >= 0.6 is 11.8 Å². The molecule has 0 spiro atoms. The number of nitrogens with one attached hydrogen (secondary N) is 2. The minimum Gasteiger partial charge on any atom is -0.457 e. The molecule has 0 bridgehead atoms. The molecule has 0 saturated carbocycles. The van der Waals surface area contributed by atoms with Crippen LogP contribution in [0.25, 0.3) is 0 Å². The summed E-state index contributed by atoms with van der Waals surface area (Å²) < 4.78 is 18.6. The third-order valence-corrected chi connectivity index (χ3v) is 4.67. The van der Waals surface area contributed by atoms with Crippen molar-refractivity contribution in [2.45, 2.75) is 32.4 Å². The molecule has 1 unspecified atom stereocenters. The van der Waals surface area contributed by atoms with Gasteiger partial charge < -0.3 is 15.4 Å². The largest absolute Gasteiger partial charge is 0.457 e. The fourth-order valence-electron chi connectivity index (χ4n) is 2.43. The summed E-state index contributed by atoms with van der Waals surface area (Å²) in [6.07, 6.45) is 2.90. The molecule has 150 valence electrons. The molecule has 7 heteroatoms. The maximum atomic E-state index is 12.9. The maximum Gasteiger partial charge on any atom is 0.242 e. The molecule has 2 aromatic carbocycles. The number of hydrogen-bond donors (Lipinski definition) is 2. The van der Waals surface area contributed by atoms with Crippen LogP contribution in [-0.2, 0) is 16.1 Å². The number of carbonyl (C=O) groups is 2. The second kappa shape index (κ2) is 11.3. The molecule has 2 aromatic rings. The maximum absolute atomic E-state index is 12.9. The smallest absolute Gasteiger partial charge is 0.242 e. The highest BCUT2D eigenvalue weighted by Gasteiger charge is 2.19. The van der Waals surface area contributed by atoms with Crippen LogP contribution in [0.2, 0.25) is 0 Å². The molecule has 0 saturated heterocycles. The summed E-state index contributed by atoms with van der Waals surface area (Å²) in [7, 11) is 0. The molecule has 1 atom stereocenters. The van der Waals surface area contributed by atoms with E-state index in [0.717, 1.165) is 11.3 Å². The van der Waals surface area contributed by atoms with Crippen molar-refractivity contribution in [2.24, 2.45) is 0 Å². The zero-order valence-corrected chi connectivity index (χ0v) is 16.9. The molecule has 0 radical (unpaired) electrons. The highest BCUT2D eigenvalue weighted by atomic mass is 32.2. The standard InChI is InChI=1S/C21H25FN2O3S/c1-3-20(25)24-19(12-13-28-2)21(26)23-14-15-4-8-17(9-5-15)27-18-10-6-16(22)7-11-18/h4-11,19H,3,12-14H2,1-2H3,(H,23,26)(H,24,25). The quantitative estimate of drug-likeness (QED) is 0.631. The fraction of sp³-hybridized carbons (Fsp3) is 0.333. The minimum absolute atomic E-state index is 0.136. The van der Waals surface area contributed by atoms with Gasteiger partial charge in [-0.1, -0.05) is 19.1 Å². The molecule has 2 amide bonds. The van der Waals surface area contributed by atoms with Gasteiger partial charge in [0.1, 0.15) is 23.4 Å². The lowest BCUT2D eigenvalue weighted by molar-refractivity contribution is -0.129. The predicted octanol–water partition coefficient (Wildman–Crippen LogP) is 3.88.